The van der Waals surface area contributed by atoms with Crippen LogP contribution in [0.2, 0.25) is 0 Å². The first kappa shape index (κ1) is 15.9. The summed E-state index contributed by atoms with van der Waals surface area (Å²) in [5.74, 6) is -2.10. The fourth-order valence-electron chi connectivity index (χ4n) is 2.93. The van der Waals surface area contributed by atoms with Gasteiger partial charge >= 0.3 is 0 Å². The van der Waals surface area contributed by atoms with Crippen molar-refractivity contribution in [3.8, 4) is 0 Å². The number of hydrogen-bond acceptors (Lipinski definition) is 3. The van der Waals surface area contributed by atoms with E-state index in [1.54, 1.807) is 24.5 Å². The van der Waals surface area contributed by atoms with Crippen LogP contribution in [0.4, 0.5) is 4.39 Å². The summed E-state index contributed by atoms with van der Waals surface area (Å²) in [6, 6.07) is 8.48. The number of nitrogens with one attached hydrogen (secondary N) is 1. The third-order valence-electron chi connectivity index (χ3n) is 3.97. The number of Topliss-reactive ketones (excluding diaryl/α,β-unsaturated/α-hetero) is 1. The average Bonchev–Trinajstić information content (AvgIpc) is 2.81. The summed E-state index contributed by atoms with van der Waals surface area (Å²) in [5, 5.41) is 10.1. The van der Waals surface area contributed by atoms with E-state index >= 15 is 0 Å². The highest BCUT2D eigenvalue weighted by Gasteiger charge is 2.42. The van der Waals surface area contributed by atoms with Gasteiger partial charge in [0.15, 0.2) is 23.9 Å². The van der Waals surface area contributed by atoms with Gasteiger partial charge in [-0.25, -0.2) is 9.37 Å². The Kier molecular flexibility index (Phi) is 4.12. The number of aromatic nitrogens is 1. The fourth-order valence-corrected chi connectivity index (χ4v) is 2.93. The smallest absolute Gasteiger partial charge is 0.290 e. The number of rotatable bonds is 4. The van der Waals surface area contributed by atoms with Crippen molar-refractivity contribution in [2.24, 2.45) is 0 Å². The second-order valence-electron chi connectivity index (χ2n) is 5.62. The molecule has 3 rings (SSSR count). The summed E-state index contributed by atoms with van der Waals surface area (Å²) >= 11 is 0. The lowest BCUT2D eigenvalue weighted by atomic mass is 9.96. The lowest BCUT2D eigenvalue weighted by molar-refractivity contribution is -0.378. The Morgan fingerprint density at radius 1 is 1.33 bits per heavy atom. The number of ketones is 1. The van der Waals surface area contributed by atoms with Crippen molar-refractivity contribution in [2.75, 3.05) is 0 Å². The van der Waals surface area contributed by atoms with Gasteiger partial charge in [0.05, 0.1) is 18.2 Å². The number of pyridine rings is 1. The summed E-state index contributed by atoms with van der Waals surface area (Å²) in [5.41, 5.74) is 1.23. The molecule has 1 unspecified atom stereocenters. The third-order valence-corrected chi connectivity index (χ3v) is 3.97. The quantitative estimate of drug-likeness (QED) is 0.935. The first-order valence-electron chi connectivity index (χ1n) is 7.44. The van der Waals surface area contributed by atoms with E-state index in [9.17, 15) is 19.1 Å². The molecular weight excluding hydrogens is 311 g/mol. The van der Waals surface area contributed by atoms with Gasteiger partial charge in [-0.15, -0.1) is 0 Å². The molecule has 1 aliphatic heterocycles. The number of aliphatic hydroxyl groups is 1. The lowest BCUT2D eigenvalue weighted by Gasteiger charge is -2.26. The number of amides is 1. The first-order valence-corrected chi connectivity index (χ1v) is 7.44. The second-order valence-corrected chi connectivity index (χ2v) is 5.62. The van der Waals surface area contributed by atoms with Crippen LogP contribution in [0.25, 0.3) is 0 Å². The zero-order valence-corrected chi connectivity index (χ0v) is 13.0. The average molecular weight is 327 g/mol. The van der Waals surface area contributed by atoms with Crippen LogP contribution in [0.15, 0.2) is 60.1 Å². The van der Waals surface area contributed by atoms with E-state index in [0.29, 0.717) is 5.56 Å². The summed E-state index contributed by atoms with van der Waals surface area (Å²) in [6.07, 6.45) is 3.45. The van der Waals surface area contributed by atoms with Gasteiger partial charge in [-0.2, -0.15) is 0 Å². The maximum Gasteiger partial charge on any atom is 0.290 e. The number of carbonyl (C=O) groups is 2. The molecule has 0 radical (unpaired) electrons. The van der Waals surface area contributed by atoms with Crippen LogP contribution >= 0.6 is 0 Å². The van der Waals surface area contributed by atoms with Gasteiger partial charge in [-0.3, -0.25) is 9.59 Å². The fraction of sp³-hybridized carbons (Fsp3) is 0.167. The predicted molar refractivity (Wildman–Crippen MR) is 83.0 cm³/mol. The van der Waals surface area contributed by atoms with Crippen molar-refractivity contribution in [1.29, 1.82) is 0 Å². The number of nitrogens with zero attached hydrogens (tertiary/aromatic N) is 1. The van der Waals surface area contributed by atoms with Gasteiger partial charge in [0.1, 0.15) is 5.82 Å². The molecule has 2 heterocycles. The molecule has 0 bridgehead atoms. The number of hydrogen-bond donors (Lipinski definition) is 1. The summed E-state index contributed by atoms with van der Waals surface area (Å²) in [7, 11) is 0. The zero-order chi connectivity index (χ0) is 17.3. The Balaban J connectivity index is 2.06. The van der Waals surface area contributed by atoms with Crippen LogP contribution in [0.5, 0.6) is 0 Å². The number of aliphatic hydroxyl groups excluding tert-OH is 1. The highest BCUT2D eigenvalue weighted by atomic mass is 19.1. The summed E-state index contributed by atoms with van der Waals surface area (Å²) in [6.45, 7) is 1.46. The van der Waals surface area contributed by atoms with Crippen LogP contribution in [0.3, 0.4) is 0 Å². The van der Waals surface area contributed by atoms with Gasteiger partial charge in [0, 0.05) is 11.6 Å². The molecule has 1 amide bonds. The standard InChI is InChI=1S/C18H15FN2O3/c1-11(22)15-16(13-5-2-6-14(19)8-13)21(18(24)17(15)23)10-12-4-3-7-20-9-12/h2-9,16,23H,10H2,1H3/p+1. The number of aromatic amines is 1. The summed E-state index contributed by atoms with van der Waals surface area (Å²) in [4.78, 5) is 28.7. The molecule has 5 nitrogen and oxygen atoms in total. The minimum Gasteiger partial charge on any atom is -0.503 e. The topological polar surface area (TPSA) is 71.8 Å². The first-order chi connectivity index (χ1) is 11.5. The third kappa shape index (κ3) is 2.78. The van der Waals surface area contributed by atoms with Gasteiger partial charge in [-0.1, -0.05) is 12.1 Å². The molecule has 2 aromatic rings. The largest absolute Gasteiger partial charge is 0.503 e. The second kappa shape index (κ2) is 6.23. The molecule has 0 aliphatic carbocycles. The van der Waals surface area contributed by atoms with E-state index in [0.717, 1.165) is 5.56 Å². The molecule has 2 N–H and O–H groups in total. The Bertz CT molecular complexity index is 833. The molecule has 1 atom stereocenters. The van der Waals surface area contributed by atoms with E-state index in [-0.39, 0.29) is 12.1 Å². The maximum atomic E-state index is 13.6. The van der Waals surface area contributed by atoms with E-state index < -0.39 is 29.3 Å². The lowest BCUT2D eigenvalue weighted by Crippen LogP contribution is -2.31. The number of H-pyrrole nitrogens is 1. The number of carbonyl (C=O) groups excluding carboxylic acids is 2. The molecule has 24 heavy (non-hydrogen) atoms. The van der Waals surface area contributed by atoms with Crippen molar-refractivity contribution < 1.29 is 24.1 Å². The molecule has 0 spiro atoms. The van der Waals surface area contributed by atoms with Crippen LogP contribution in [0.1, 0.15) is 24.1 Å². The highest BCUT2D eigenvalue weighted by Crippen LogP contribution is 2.38. The number of benzene rings is 1. The Morgan fingerprint density at radius 2 is 2.12 bits per heavy atom. The minimum absolute atomic E-state index is 0.00879. The van der Waals surface area contributed by atoms with E-state index in [1.807, 2.05) is 6.07 Å². The monoisotopic (exact) mass is 327 g/mol. The molecule has 0 saturated carbocycles. The van der Waals surface area contributed by atoms with E-state index in [4.69, 9.17) is 0 Å². The van der Waals surface area contributed by atoms with Crippen molar-refractivity contribution in [2.45, 2.75) is 19.5 Å². The van der Waals surface area contributed by atoms with Gasteiger partial charge in [0.2, 0.25) is 0 Å². The molecule has 122 valence electrons. The molecule has 0 fully saturated rings. The van der Waals surface area contributed by atoms with Crippen molar-refractivity contribution in [3.05, 3.63) is 77.1 Å². The van der Waals surface area contributed by atoms with Crippen molar-refractivity contribution in [3.63, 3.8) is 0 Å². The van der Waals surface area contributed by atoms with E-state index in [1.165, 1.54) is 30.0 Å². The molecule has 0 saturated heterocycles. The van der Waals surface area contributed by atoms with Crippen LogP contribution in [-0.2, 0) is 16.1 Å². The Labute approximate surface area is 138 Å². The molecule has 1 aromatic carbocycles. The van der Waals surface area contributed by atoms with Gasteiger partial charge < -0.3 is 10.0 Å². The molecular formula is C18H16FN2O3+. The SMILES string of the molecule is CC(=O)C1=C(O)C(=O)N(Cc2ccc[nH+]c2)C1c1cccc(F)c1. The number of halogens is 1. The maximum absolute atomic E-state index is 13.6. The molecule has 6 heteroatoms. The van der Waals surface area contributed by atoms with Crippen LogP contribution < -0.4 is 4.98 Å². The Morgan fingerprint density at radius 3 is 2.75 bits per heavy atom. The van der Waals surface area contributed by atoms with Crippen LogP contribution in [0, 0.1) is 5.82 Å². The normalized spacial score (nSPS) is 17.5. The van der Waals surface area contributed by atoms with Crippen molar-refractivity contribution >= 4 is 11.7 Å². The van der Waals surface area contributed by atoms with Crippen molar-refractivity contribution in [1.82, 2.24) is 4.90 Å². The molecule has 1 aromatic heterocycles. The van der Waals surface area contributed by atoms with Crippen LogP contribution in [-0.4, -0.2) is 21.7 Å². The zero-order valence-electron chi connectivity index (χ0n) is 13.0. The minimum atomic E-state index is -0.814. The highest BCUT2D eigenvalue weighted by molar-refractivity contribution is 6.08. The Hall–Kier alpha value is -3.02. The predicted octanol–water partition coefficient (Wildman–Crippen LogP) is 2.12. The van der Waals surface area contributed by atoms with E-state index in [2.05, 4.69) is 4.98 Å². The molecule has 1 aliphatic rings. The van der Waals surface area contributed by atoms with Gasteiger partial charge in [0.25, 0.3) is 5.91 Å². The summed E-state index contributed by atoms with van der Waals surface area (Å²) < 4.78 is 13.6. The van der Waals surface area contributed by atoms with Gasteiger partial charge in [-0.05, 0) is 30.7 Å².